The van der Waals surface area contributed by atoms with Crippen molar-refractivity contribution in [2.24, 2.45) is 0 Å². The summed E-state index contributed by atoms with van der Waals surface area (Å²) in [4.78, 5) is 22.3. The summed E-state index contributed by atoms with van der Waals surface area (Å²) in [5.74, 6) is -0.0974. The molecular formula is C21H27N5O2S. The van der Waals surface area contributed by atoms with E-state index in [1.54, 1.807) is 16.2 Å². The number of ether oxygens (including phenoxy) is 1. The lowest BCUT2D eigenvalue weighted by molar-refractivity contribution is 0.0391. The van der Waals surface area contributed by atoms with Crippen LogP contribution in [0.5, 0.6) is 0 Å². The van der Waals surface area contributed by atoms with Crippen LogP contribution in [0, 0.1) is 6.92 Å². The van der Waals surface area contributed by atoms with Crippen LogP contribution in [0.25, 0.3) is 10.2 Å². The molecule has 2 aromatic heterocycles. The minimum absolute atomic E-state index is 0.0974. The van der Waals surface area contributed by atoms with E-state index in [1.807, 2.05) is 41.9 Å². The predicted molar refractivity (Wildman–Crippen MR) is 116 cm³/mol. The highest BCUT2D eigenvalue weighted by atomic mass is 32.1. The highest BCUT2D eigenvalue weighted by Gasteiger charge is 2.25. The van der Waals surface area contributed by atoms with Gasteiger partial charge in [0.25, 0.3) is 5.91 Å². The lowest BCUT2D eigenvalue weighted by atomic mass is 10.3. The molecule has 0 radical (unpaired) electrons. The summed E-state index contributed by atoms with van der Waals surface area (Å²) in [5.41, 5.74) is 2.37. The molecule has 1 saturated heterocycles. The Hall–Kier alpha value is -2.29. The lowest BCUT2D eigenvalue weighted by Gasteiger charge is -2.29. The smallest absolute Gasteiger partial charge is 0.280 e. The van der Waals surface area contributed by atoms with Gasteiger partial charge in [-0.3, -0.25) is 19.3 Å². The number of carbonyl (C=O) groups excluding carboxylic acids is 1. The number of benzene rings is 1. The summed E-state index contributed by atoms with van der Waals surface area (Å²) < 4.78 is 8.41. The van der Waals surface area contributed by atoms with Gasteiger partial charge in [0, 0.05) is 37.9 Å². The second-order valence-corrected chi connectivity index (χ2v) is 8.59. The molecule has 1 fully saturated rings. The number of aromatic nitrogens is 3. The maximum Gasteiger partial charge on any atom is 0.280 e. The molecule has 154 valence electrons. The van der Waals surface area contributed by atoms with Crippen molar-refractivity contribution in [3.8, 4) is 0 Å². The van der Waals surface area contributed by atoms with Crippen molar-refractivity contribution in [3.05, 3.63) is 41.7 Å². The summed E-state index contributed by atoms with van der Waals surface area (Å²) in [6, 6.07) is 10.1. The maximum atomic E-state index is 13.5. The molecule has 0 unspecified atom stereocenters. The van der Waals surface area contributed by atoms with Gasteiger partial charge >= 0.3 is 0 Å². The van der Waals surface area contributed by atoms with E-state index in [0.29, 0.717) is 12.2 Å². The van der Waals surface area contributed by atoms with E-state index in [9.17, 15) is 4.79 Å². The number of morpholine rings is 1. The molecule has 1 aliphatic rings. The monoisotopic (exact) mass is 413 g/mol. The quantitative estimate of drug-likeness (QED) is 0.620. The van der Waals surface area contributed by atoms with Gasteiger partial charge in [0.1, 0.15) is 0 Å². The number of anilines is 1. The molecule has 0 N–H and O–H groups in total. The average Bonchev–Trinajstić information content (AvgIpc) is 3.32. The fourth-order valence-corrected chi connectivity index (χ4v) is 4.57. The molecule has 7 nitrogen and oxygen atoms in total. The zero-order valence-corrected chi connectivity index (χ0v) is 18.0. The minimum Gasteiger partial charge on any atom is -0.379 e. The molecule has 0 saturated carbocycles. The van der Waals surface area contributed by atoms with E-state index in [2.05, 4.69) is 23.8 Å². The number of thiazole rings is 1. The topological polar surface area (TPSA) is 63.5 Å². The Labute approximate surface area is 174 Å². The Bertz CT molecular complexity index is 957. The third-order valence-corrected chi connectivity index (χ3v) is 6.19. The molecule has 0 spiro atoms. The van der Waals surface area contributed by atoms with Crippen LogP contribution in [-0.4, -0.2) is 65.0 Å². The SMILES string of the molecule is Cc1cc(C(=O)N(CCN2CCOCC2)c2nc3ccccc3s2)nn1C(C)C. The molecule has 3 aromatic rings. The van der Waals surface area contributed by atoms with Crippen molar-refractivity contribution < 1.29 is 9.53 Å². The largest absolute Gasteiger partial charge is 0.379 e. The highest BCUT2D eigenvalue weighted by Crippen LogP contribution is 2.29. The highest BCUT2D eigenvalue weighted by molar-refractivity contribution is 7.22. The molecule has 0 aliphatic carbocycles. The lowest BCUT2D eigenvalue weighted by Crippen LogP contribution is -2.43. The van der Waals surface area contributed by atoms with Gasteiger partial charge in [0.05, 0.1) is 23.4 Å². The third-order valence-electron chi connectivity index (χ3n) is 5.13. The van der Waals surface area contributed by atoms with Crippen LogP contribution in [0.3, 0.4) is 0 Å². The van der Waals surface area contributed by atoms with Crippen molar-refractivity contribution >= 4 is 32.6 Å². The normalized spacial score (nSPS) is 15.3. The first-order valence-corrected chi connectivity index (χ1v) is 10.9. The summed E-state index contributed by atoms with van der Waals surface area (Å²) in [6.07, 6.45) is 0. The van der Waals surface area contributed by atoms with E-state index < -0.39 is 0 Å². The molecular weight excluding hydrogens is 386 g/mol. The third kappa shape index (κ3) is 4.34. The first-order valence-electron chi connectivity index (χ1n) is 10.1. The molecule has 1 aliphatic heterocycles. The van der Waals surface area contributed by atoms with Crippen LogP contribution in [0.2, 0.25) is 0 Å². The van der Waals surface area contributed by atoms with Crippen LogP contribution < -0.4 is 4.90 Å². The number of fused-ring (bicyclic) bond motifs is 1. The molecule has 8 heteroatoms. The van der Waals surface area contributed by atoms with Gasteiger partial charge in [0.15, 0.2) is 10.8 Å². The molecule has 4 rings (SSSR count). The number of para-hydroxylation sites is 1. The van der Waals surface area contributed by atoms with Gasteiger partial charge in [-0.1, -0.05) is 23.5 Å². The van der Waals surface area contributed by atoms with Gasteiger partial charge in [-0.05, 0) is 39.0 Å². The number of rotatable bonds is 6. The van der Waals surface area contributed by atoms with E-state index in [-0.39, 0.29) is 11.9 Å². The van der Waals surface area contributed by atoms with Gasteiger partial charge in [-0.15, -0.1) is 0 Å². The first kappa shape index (κ1) is 20.0. The van der Waals surface area contributed by atoms with E-state index in [1.165, 1.54) is 0 Å². The Kier molecular flexibility index (Phi) is 5.94. The molecule has 3 heterocycles. The number of hydrogen-bond donors (Lipinski definition) is 0. The van der Waals surface area contributed by atoms with E-state index in [4.69, 9.17) is 9.72 Å². The fourth-order valence-electron chi connectivity index (χ4n) is 3.58. The van der Waals surface area contributed by atoms with Gasteiger partial charge in [0.2, 0.25) is 0 Å². The Morgan fingerprint density at radius 3 is 2.72 bits per heavy atom. The van der Waals surface area contributed by atoms with Crippen LogP contribution in [-0.2, 0) is 4.74 Å². The Morgan fingerprint density at radius 2 is 2.03 bits per heavy atom. The minimum atomic E-state index is -0.0974. The van der Waals surface area contributed by atoms with E-state index >= 15 is 0 Å². The van der Waals surface area contributed by atoms with Crippen molar-refractivity contribution in [3.63, 3.8) is 0 Å². The van der Waals surface area contributed by atoms with Crippen molar-refractivity contribution in [2.45, 2.75) is 26.8 Å². The van der Waals surface area contributed by atoms with Crippen LogP contribution >= 0.6 is 11.3 Å². The molecule has 0 bridgehead atoms. The summed E-state index contributed by atoms with van der Waals surface area (Å²) in [5, 5.41) is 5.30. The molecule has 1 aromatic carbocycles. The van der Waals surface area contributed by atoms with Crippen LogP contribution in [0.4, 0.5) is 5.13 Å². The number of hydrogen-bond acceptors (Lipinski definition) is 6. The number of carbonyl (C=O) groups is 1. The number of nitrogens with zero attached hydrogens (tertiary/aromatic N) is 5. The maximum absolute atomic E-state index is 13.5. The second-order valence-electron chi connectivity index (χ2n) is 7.58. The van der Waals surface area contributed by atoms with Crippen LogP contribution in [0.1, 0.15) is 36.1 Å². The van der Waals surface area contributed by atoms with Gasteiger partial charge < -0.3 is 4.74 Å². The van der Waals surface area contributed by atoms with Gasteiger partial charge in [-0.25, -0.2) is 4.98 Å². The van der Waals surface area contributed by atoms with Crippen molar-refractivity contribution in [2.75, 3.05) is 44.3 Å². The molecule has 0 atom stereocenters. The molecule has 1 amide bonds. The Morgan fingerprint density at radius 1 is 1.28 bits per heavy atom. The number of aryl methyl sites for hydroxylation is 1. The second kappa shape index (κ2) is 8.61. The van der Waals surface area contributed by atoms with Crippen molar-refractivity contribution in [1.29, 1.82) is 0 Å². The fraction of sp³-hybridized carbons (Fsp3) is 0.476. The average molecular weight is 414 g/mol. The summed E-state index contributed by atoms with van der Waals surface area (Å²) in [7, 11) is 0. The Balaban J connectivity index is 1.63. The molecule has 29 heavy (non-hydrogen) atoms. The predicted octanol–water partition coefficient (Wildman–Crippen LogP) is 3.36. The van der Waals surface area contributed by atoms with E-state index in [0.717, 1.165) is 53.9 Å². The zero-order chi connectivity index (χ0) is 20.4. The van der Waals surface area contributed by atoms with Gasteiger partial charge in [-0.2, -0.15) is 5.10 Å². The number of amides is 1. The van der Waals surface area contributed by atoms with Crippen molar-refractivity contribution in [1.82, 2.24) is 19.7 Å². The van der Waals surface area contributed by atoms with Crippen LogP contribution in [0.15, 0.2) is 30.3 Å². The zero-order valence-electron chi connectivity index (χ0n) is 17.2. The summed E-state index contributed by atoms with van der Waals surface area (Å²) >= 11 is 1.55. The summed E-state index contributed by atoms with van der Waals surface area (Å²) in [6.45, 7) is 10.8. The standard InChI is InChI=1S/C21H27N5O2S/c1-15(2)26-16(3)14-18(23-26)20(27)25(9-8-24-10-12-28-13-11-24)21-22-17-6-4-5-7-19(17)29-21/h4-7,14-15H,8-13H2,1-3H3. The first-order chi connectivity index (χ1) is 14.0.